The molecule has 7 nitrogen and oxygen atoms in total. The van der Waals surface area contributed by atoms with Crippen molar-refractivity contribution in [3.8, 4) is 0 Å². The van der Waals surface area contributed by atoms with Crippen LogP contribution in [0.15, 0.2) is 23.7 Å². The first kappa shape index (κ1) is 12.3. The summed E-state index contributed by atoms with van der Waals surface area (Å²) in [5.41, 5.74) is 16.6. The SMILES string of the molecule is CC(C(=O)OC(C)N1NC=CCN1)=C(N)N. The van der Waals surface area contributed by atoms with E-state index >= 15 is 0 Å². The highest BCUT2D eigenvalue weighted by Gasteiger charge is 2.19. The molecule has 0 aromatic carbocycles. The number of nitrogens with zero attached hydrogens (tertiary/aromatic N) is 1. The lowest BCUT2D eigenvalue weighted by atomic mass is 10.3. The summed E-state index contributed by atoms with van der Waals surface area (Å²) in [4.78, 5) is 11.5. The molecule has 1 atom stereocenters. The number of nitrogens with one attached hydrogen (secondary N) is 2. The lowest BCUT2D eigenvalue weighted by Gasteiger charge is -2.30. The molecule has 0 spiro atoms. The highest BCUT2D eigenvalue weighted by atomic mass is 16.6. The van der Waals surface area contributed by atoms with Gasteiger partial charge in [-0.15, -0.1) is 5.12 Å². The number of nitrogens with two attached hydrogens (primary N) is 2. The molecule has 0 aliphatic carbocycles. The Morgan fingerprint density at radius 2 is 2.25 bits per heavy atom. The fourth-order valence-electron chi connectivity index (χ4n) is 1.04. The van der Waals surface area contributed by atoms with Crippen molar-refractivity contribution in [2.75, 3.05) is 6.54 Å². The normalized spacial score (nSPS) is 17.4. The second kappa shape index (κ2) is 5.38. The van der Waals surface area contributed by atoms with Gasteiger partial charge in [0.25, 0.3) is 0 Å². The second-order valence-electron chi connectivity index (χ2n) is 3.35. The largest absolute Gasteiger partial charge is 0.440 e. The Hall–Kier alpha value is -1.73. The maximum atomic E-state index is 11.5. The standard InChI is InChI=1S/C9H17N5O2/c1-6(8(10)11)9(15)16-7(2)14-12-4-3-5-13-14/h3-4,7,12-13H,5,10-11H2,1-2H3. The van der Waals surface area contributed by atoms with Gasteiger partial charge in [0, 0.05) is 12.7 Å². The number of ether oxygens (including phenoxy) is 1. The first-order valence-electron chi connectivity index (χ1n) is 4.89. The number of rotatable bonds is 3. The van der Waals surface area contributed by atoms with Crippen molar-refractivity contribution < 1.29 is 9.53 Å². The van der Waals surface area contributed by atoms with E-state index in [-0.39, 0.29) is 11.4 Å². The first-order chi connectivity index (χ1) is 7.52. The molecule has 90 valence electrons. The molecule has 0 amide bonds. The van der Waals surface area contributed by atoms with Crippen LogP contribution in [0, 0.1) is 0 Å². The molecule has 0 radical (unpaired) electrons. The van der Waals surface area contributed by atoms with E-state index in [1.807, 2.05) is 6.08 Å². The smallest absolute Gasteiger partial charge is 0.339 e. The first-order valence-corrected chi connectivity index (χ1v) is 4.89. The van der Waals surface area contributed by atoms with Gasteiger partial charge in [0.2, 0.25) is 0 Å². The minimum absolute atomic E-state index is 0.0309. The van der Waals surface area contributed by atoms with Crippen LogP contribution < -0.4 is 22.3 Å². The summed E-state index contributed by atoms with van der Waals surface area (Å²) < 4.78 is 5.12. The molecule has 1 unspecified atom stereocenters. The topological polar surface area (TPSA) is 106 Å². The van der Waals surface area contributed by atoms with Crippen molar-refractivity contribution in [2.45, 2.75) is 20.1 Å². The molecule has 0 saturated heterocycles. The summed E-state index contributed by atoms with van der Waals surface area (Å²) in [6.45, 7) is 3.90. The van der Waals surface area contributed by atoms with E-state index in [9.17, 15) is 4.79 Å². The Kier molecular flexibility index (Phi) is 4.15. The van der Waals surface area contributed by atoms with E-state index in [0.29, 0.717) is 6.54 Å². The molecule has 0 bridgehead atoms. The molecule has 0 aromatic rings. The molecule has 0 aromatic heterocycles. The van der Waals surface area contributed by atoms with E-state index in [1.165, 1.54) is 6.92 Å². The monoisotopic (exact) mass is 227 g/mol. The number of hydrogen-bond acceptors (Lipinski definition) is 7. The molecule has 16 heavy (non-hydrogen) atoms. The number of hydrazine groups is 2. The van der Waals surface area contributed by atoms with Gasteiger partial charge in [-0.2, -0.15) is 0 Å². The van der Waals surface area contributed by atoms with Crippen molar-refractivity contribution in [3.05, 3.63) is 23.7 Å². The summed E-state index contributed by atoms with van der Waals surface area (Å²) in [5.74, 6) is -0.567. The summed E-state index contributed by atoms with van der Waals surface area (Å²) in [7, 11) is 0. The van der Waals surface area contributed by atoms with Crippen LogP contribution in [-0.4, -0.2) is 23.9 Å². The highest BCUT2D eigenvalue weighted by Crippen LogP contribution is 2.03. The number of carbonyl (C=O) groups is 1. The molecule has 0 saturated carbocycles. The van der Waals surface area contributed by atoms with Gasteiger partial charge < -0.3 is 21.6 Å². The molecule has 6 N–H and O–H groups in total. The van der Waals surface area contributed by atoms with Crippen LogP contribution in [0.4, 0.5) is 0 Å². The number of esters is 1. The Balaban J connectivity index is 2.51. The molecule has 1 heterocycles. The summed E-state index contributed by atoms with van der Waals surface area (Å²) >= 11 is 0. The Morgan fingerprint density at radius 1 is 1.56 bits per heavy atom. The van der Waals surface area contributed by atoms with Crippen molar-refractivity contribution in [1.29, 1.82) is 0 Å². The van der Waals surface area contributed by atoms with E-state index < -0.39 is 12.2 Å². The van der Waals surface area contributed by atoms with Gasteiger partial charge in [-0.1, -0.05) is 6.08 Å². The minimum atomic E-state index is -0.536. The summed E-state index contributed by atoms with van der Waals surface area (Å²) in [6.07, 6.45) is 3.17. The van der Waals surface area contributed by atoms with Gasteiger partial charge in [0.15, 0.2) is 6.23 Å². The molecule has 1 aliphatic heterocycles. The van der Waals surface area contributed by atoms with Crippen LogP contribution in [0.1, 0.15) is 13.8 Å². The lowest BCUT2D eigenvalue weighted by Crippen LogP contribution is -2.54. The minimum Gasteiger partial charge on any atom is -0.440 e. The van der Waals surface area contributed by atoms with E-state index in [2.05, 4.69) is 10.9 Å². The Bertz CT molecular complexity index is 322. The molecular weight excluding hydrogens is 210 g/mol. The van der Waals surface area contributed by atoms with Crippen LogP contribution >= 0.6 is 0 Å². The van der Waals surface area contributed by atoms with Gasteiger partial charge in [-0.25, -0.2) is 10.2 Å². The molecular formula is C9H17N5O2. The van der Waals surface area contributed by atoms with Crippen molar-refractivity contribution in [2.24, 2.45) is 11.5 Å². The molecule has 1 rings (SSSR count). The average molecular weight is 227 g/mol. The van der Waals surface area contributed by atoms with Crippen molar-refractivity contribution in [3.63, 3.8) is 0 Å². The Morgan fingerprint density at radius 3 is 2.75 bits per heavy atom. The fraction of sp³-hybridized carbons (Fsp3) is 0.444. The quantitative estimate of drug-likeness (QED) is 0.357. The van der Waals surface area contributed by atoms with Crippen LogP contribution in [0.25, 0.3) is 0 Å². The highest BCUT2D eigenvalue weighted by molar-refractivity contribution is 5.88. The maximum absolute atomic E-state index is 11.5. The Labute approximate surface area is 94.0 Å². The van der Waals surface area contributed by atoms with Gasteiger partial charge in [-0.3, -0.25) is 0 Å². The number of carbonyl (C=O) groups excluding carboxylic acids is 1. The third-order valence-electron chi connectivity index (χ3n) is 2.09. The van der Waals surface area contributed by atoms with E-state index in [4.69, 9.17) is 16.2 Å². The predicted molar refractivity (Wildman–Crippen MR) is 58.7 cm³/mol. The number of hydrogen-bond donors (Lipinski definition) is 4. The summed E-state index contributed by atoms with van der Waals surface area (Å²) in [5, 5.41) is 1.57. The third-order valence-corrected chi connectivity index (χ3v) is 2.09. The van der Waals surface area contributed by atoms with Crippen LogP contribution in [0.5, 0.6) is 0 Å². The van der Waals surface area contributed by atoms with Gasteiger partial charge in [0.05, 0.1) is 5.57 Å². The van der Waals surface area contributed by atoms with Gasteiger partial charge >= 0.3 is 5.97 Å². The van der Waals surface area contributed by atoms with Gasteiger partial charge in [-0.05, 0) is 13.8 Å². The predicted octanol–water partition coefficient (Wildman–Crippen LogP) is -1.14. The zero-order valence-electron chi connectivity index (χ0n) is 9.36. The van der Waals surface area contributed by atoms with Crippen molar-refractivity contribution in [1.82, 2.24) is 16.0 Å². The third kappa shape index (κ3) is 3.14. The average Bonchev–Trinajstić information content (AvgIpc) is 2.28. The lowest BCUT2D eigenvalue weighted by molar-refractivity contribution is -0.159. The van der Waals surface area contributed by atoms with E-state index in [1.54, 1.807) is 18.2 Å². The molecule has 7 heteroatoms. The second-order valence-corrected chi connectivity index (χ2v) is 3.35. The van der Waals surface area contributed by atoms with Crippen molar-refractivity contribution >= 4 is 5.97 Å². The zero-order chi connectivity index (χ0) is 12.1. The molecule has 1 aliphatic rings. The molecule has 0 fully saturated rings. The zero-order valence-corrected chi connectivity index (χ0v) is 9.36. The van der Waals surface area contributed by atoms with Crippen LogP contribution in [0.3, 0.4) is 0 Å². The van der Waals surface area contributed by atoms with Gasteiger partial charge in [0.1, 0.15) is 5.82 Å². The fourth-order valence-corrected chi connectivity index (χ4v) is 1.04. The summed E-state index contributed by atoms with van der Waals surface area (Å²) in [6, 6.07) is 0. The maximum Gasteiger partial charge on any atom is 0.339 e. The van der Waals surface area contributed by atoms with Crippen LogP contribution in [0.2, 0.25) is 0 Å². The van der Waals surface area contributed by atoms with E-state index in [0.717, 1.165) is 0 Å². The van der Waals surface area contributed by atoms with Crippen LogP contribution in [-0.2, 0) is 9.53 Å².